The van der Waals surface area contributed by atoms with Gasteiger partial charge in [-0.25, -0.2) is 0 Å². The van der Waals surface area contributed by atoms with Gasteiger partial charge in [-0.1, -0.05) is 65.7 Å². The molecule has 1 saturated carbocycles. The van der Waals surface area contributed by atoms with Crippen molar-refractivity contribution in [1.82, 2.24) is 5.32 Å². The van der Waals surface area contributed by atoms with Crippen LogP contribution in [-0.2, 0) is 0 Å². The van der Waals surface area contributed by atoms with Crippen molar-refractivity contribution in [2.45, 2.75) is 103 Å². The van der Waals surface area contributed by atoms with Crippen LogP contribution in [0, 0.1) is 5.92 Å². The van der Waals surface area contributed by atoms with E-state index in [0.717, 1.165) is 17.2 Å². The summed E-state index contributed by atoms with van der Waals surface area (Å²) in [4.78, 5) is 0. The number of unbranched alkanes of at least 4 members (excludes halogenated alkanes) is 1. The lowest BCUT2D eigenvalue weighted by molar-refractivity contribution is 0.364. The summed E-state index contributed by atoms with van der Waals surface area (Å²) in [5.41, 5.74) is 0. The minimum atomic E-state index is 0.749. The summed E-state index contributed by atoms with van der Waals surface area (Å²) in [5.74, 6) is 2.28. The molecule has 0 bridgehead atoms. The molecule has 1 N–H and O–H groups in total. The summed E-state index contributed by atoms with van der Waals surface area (Å²) in [6.07, 6.45) is 15.6. The van der Waals surface area contributed by atoms with E-state index in [2.05, 4.69) is 37.8 Å². The molecular formula is C19H39NS. The highest BCUT2D eigenvalue weighted by molar-refractivity contribution is 7.99. The van der Waals surface area contributed by atoms with Crippen LogP contribution >= 0.6 is 11.8 Å². The van der Waals surface area contributed by atoms with E-state index < -0.39 is 0 Å². The van der Waals surface area contributed by atoms with Gasteiger partial charge in [-0.05, 0) is 38.1 Å². The highest BCUT2D eigenvalue weighted by Crippen LogP contribution is 2.30. The Bertz CT molecular complexity index is 226. The van der Waals surface area contributed by atoms with Crippen molar-refractivity contribution >= 4 is 11.8 Å². The molecule has 1 fully saturated rings. The summed E-state index contributed by atoms with van der Waals surface area (Å²) < 4.78 is 0. The fraction of sp³-hybridized carbons (Fsp3) is 1.00. The zero-order valence-corrected chi connectivity index (χ0v) is 15.6. The van der Waals surface area contributed by atoms with E-state index in [9.17, 15) is 0 Å². The van der Waals surface area contributed by atoms with Crippen LogP contribution in [0.4, 0.5) is 0 Å². The van der Waals surface area contributed by atoms with Crippen molar-refractivity contribution in [2.75, 3.05) is 12.3 Å². The van der Waals surface area contributed by atoms with E-state index in [1.807, 2.05) is 0 Å². The van der Waals surface area contributed by atoms with E-state index in [1.165, 1.54) is 82.9 Å². The van der Waals surface area contributed by atoms with E-state index in [-0.39, 0.29) is 0 Å². The average molecular weight is 314 g/mol. The molecule has 0 aromatic heterocycles. The standard InChI is InChI=1S/C19H39NS/c1-4-7-11-17(6-3)15-18(20-14-5-2)16-21-19-12-9-8-10-13-19/h17-20H,4-16H2,1-3H3. The summed E-state index contributed by atoms with van der Waals surface area (Å²) in [6, 6.07) is 0.749. The quantitative estimate of drug-likeness (QED) is 0.472. The van der Waals surface area contributed by atoms with Gasteiger partial charge in [0.05, 0.1) is 0 Å². The Kier molecular flexibility index (Phi) is 11.8. The van der Waals surface area contributed by atoms with Crippen molar-refractivity contribution in [3.05, 3.63) is 0 Å². The highest BCUT2D eigenvalue weighted by atomic mass is 32.2. The SMILES string of the molecule is CCCCC(CC)CC(CSC1CCCCC1)NCCC. The second-order valence-corrected chi connectivity index (χ2v) is 8.23. The predicted octanol–water partition coefficient (Wildman–Crippen LogP) is 6.03. The van der Waals surface area contributed by atoms with Gasteiger partial charge >= 0.3 is 0 Å². The van der Waals surface area contributed by atoms with Gasteiger partial charge < -0.3 is 5.32 Å². The maximum Gasteiger partial charge on any atom is 0.0160 e. The number of hydrogen-bond acceptors (Lipinski definition) is 2. The van der Waals surface area contributed by atoms with Gasteiger partial charge in [-0.3, -0.25) is 0 Å². The monoisotopic (exact) mass is 313 g/mol. The van der Waals surface area contributed by atoms with Crippen LogP contribution in [-0.4, -0.2) is 23.6 Å². The molecular weight excluding hydrogens is 274 g/mol. The van der Waals surface area contributed by atoms with Gasteiger partial charge in [0.1, 0.15) is 0 Å². The second kappa shape index (κ2) is 12.8. The molecule has 1 aliphatic carbocycles. The zero-order valence-electron chi connectivity index (χ0n) is 14.8. The Balaban J connectivity index is 2.33. The Hall–Kier alpha value is 0.310. The van der Waals surface area contributed by atoms with Crippen LogP contribution in [0.5, 0.6) is 0 Å². The largest absolute Gasteiger partial charge is 0.313 e. The van der Waals surface area contributed by atoms with E-state index in [4.69, 9.17) is 0 Å². The van der Waals surface area contributed by atoms with E-state index in [0.29, 0.717) is 0 Å². The normalized spacial score (nSPS) is 19.6. The summed E-state index contributed by atoms with van der Waals surface area (Å²) >= 11 is 2.27. The average Bonchev–Trinajstić information content (AvgIpc) is 2.54. The lowest BCUT2D eigenvalue weighted by Gasteiger charge is -2.27. The lowest BCUT2D eigenvalue weighted by Crippen LogP contribution is -2.34. The molecule has 2 unspecified atom stereocenters. The minimum absolute atomic E-state index is 0.749. The molecule has 1 nitrogen and oxygen atoms in total. The number of nitrogens with one attached hydrogen (secondary N) is 1. The van der Waals surface area contributed by atoms with Crippen LogP contribution in [0.25, 0.3) is 0 Å². The van der Waals surface area contributed by atoms with E-state index in [1.54, 1.807) is 0 Å². The Labute approximate surface area is 138 Å². The maximum absolute atomic E-state index is 3.83. The molecule has 0 aliphatic heterocycles. The van der Waals surface area contributed by atoms with Gasteiger partial charge in [-0.15, -0.1) is 0 Å². The molecule has 0 heterocycles. The van der Waals surface area contributed by atoms with E-state index >= 15 is 0 Å². The molecule has 126 valence electrons. The highest BCUT2D eigenvalue weighted by Gasteiger charge is 2.19. The topological polar surface area (TPSA) is 12.0 Å². The molecule has 1 aliphatic rings. The molecule has 2 heteroatoms. The van der Waals surface area contributed by atoms with Crippen LogP contribution in [0.15, 0.2) is 0 Å². The van der Waals surface area contributed by atoms with Gasteiger partial charge in [0.15, 0.2) is 0 Å². The molecule has 0 radical (unpaired) electrons. The summed E-state index contributed by atoms with van der Waals surface area (Å²) in [6.45, 7) is 8.18. The number of thioether (sulfide) groups is 1. The molecule has 21 heavy (non-hydrogen) atoms. The molecule has 0 amide bonds. The van der Waals surface area contributed by atoms with Crippen LogP contribution < -0.4 is 5.32 Å². The van der Waals surface area contributed by atoms with Crippen LogP contribution in [0.3, 0.4) is 0 Å². The molecule has 0 saturated heterocycles. The van der Waals surface area contributed by atoms with Crippen molar-refractivity contribution < 1.29 is 0 Å². The molecule has 0 spiro atoms. The van der Waals surface area contributed by atoms with Crippen LogP contribution in [0.2, 0.25) is 0 Å². The van der Waals surface area contributed by atoms with Gasteiger partial charge in [-0.2, -0.15) is 11.8 Å². The Morgan fingerprint density at radius 3 is 2.43 bits per heavy atom. The fourth-order valence-corrected chi connectivity index (χ4v) is 4.85. The predicted molar refractivity (Wildman–Crippen MR) is 99.3 cm³/mol. The summed E-state index contributed by atoms with van der Waals surface area (Å²) in [7, 11) is 0. The third-order valence-electron chi connectivity index (χ3n) is 4.93. The first-order valence-electron chi connectivity index (χ1n) is 9.65. The second-order valence-electron chi connectivity index (χ2n) is 6.90. The van der Waals surface area contributed by atoms with Crippen molar-refractivity contribution in [3.63, 3.8) is 0 Å². The fourth-order valence-electron chi connectivity index (χ4n) is 3.43. The first-order valence-corrected chi connectivity index (χ1v) is 10.7. The molecule has 2 atom stereocenters. The Morgan fingerprint density at radius 2 is 1.81 bits per heavy atom. The third-order valence-corrected chi connectivity index (χ3v) is 6.47. The molecule has 0 aromatic carbocycles. The summed E-state index contributed by atoms with van der Waals surface area (Å²) in [5, 5.41) is 4.79. The first kappa shape index (κ1) is 19.4. The van der Waals surface area contributed by atoms with Crippen LogP contribution in [0.1, 0.15) is 91.4 Å². The minimum Gasteiger partial charge on any atom is -0.313 e. The van der Waals surface area contributed by atoms with Crippen molar-refractivity contribution in [1.29, 1.82) is 0 Å². The first-order chi connectivity index (χ1) is 10.3. The molecule has 1 rings (SSSR count). The molecule has 0 aromatic rings. The van der Waals surface area contributed by atoms with Crippen molar-refractivity contribution in [2.24, 2.45) is 5.92 Å². The third kappa shape index (κ3) is 9.13. The number of hydrogen-bond donors (Lipinski definition) is 1. The van der Waals surface area contributed by atoms with Gasteiger partial charge in [0.25, 0.3) is 0 Å². The lowest BCUT2D eigenvalue weighted by atomic mass is 9.92. The van der Waals surface area contributed by atoms with Gasteiger partial charge in [0.2, 0.25) is 0 Å². The number of rotatable bonds is 12. The smallest absolute Gasteiger partial charge is 0.0160 e. The Morgan fingerprint density at radius 1 is 1.05 bits per heavy atom. The maximum atomic E-state index is 3.83. The van der Waals surface area contributed by atoms with Crippen molar-refractivity contribution in [3.8, 4) is 0 Å². The van der Waals surface area contributed by atoms with Gasteiger partial charge in [0, 0.05) is 17.0 Å². The zero-order chi connectivity index (χ0) is 15.3.